The first-order chi connectivity index (χ1) is 31.9. The van der Waals surface area contributed by atoms with Crippen molar-refractivity contribution in [1.29, 1.82) is 0 Å². The molecule has 2 aliphatic rings. The number of fused-ring (bicyclic) bond motifs is 8. The third-order valence-electron chi connectivity index (χ3n) is 14.0. The van der Waals surface area contributed by atoms with E-state index >= 15 is 9.59 Å². The highest BCUT2D eigenvalue weighted by Gasteiger charge is 2.37. The van der Waals surface area contributed by atoms with Crippen LogP contribution in [0.15, 0.2) is 109 Å². The number of carbonyl (C=O) groups is 2. The lowest BCUT2D eigenvalue weighted by atomic mass is 9.77. The Bertz CT molecular complexity index is 3820. The highest BCUT2D eigenvalue weighted by molar-refractivity contribution is 6.43. The highest BCUT2D eigenvalue weighted by atomic mass is 16.5. The van der Waals surface area contributed by atoms with Gasteiger partial charge in [-0.25, -0.2) is 9.97 Å². The van der Waals surface area contributed by atoms with Gasteiger partial charge in [0.05, 0.1) is 33.5 Å². The molecule has 316 valence electrons. The van der Waals surface area contributed by atoms with E-state index in [1.807, 2.05) is 151 Å². The lowest BCUT2D eigenvalue weighted by Gasteiger charge is -2.28. The fourth-order valence-corrected chi connectivity index (χ4v) is 10.9. The standard InChI is InChI=1S/C58H38N2O6/c1-25-13-19-39-35(21-25)53(61)49-51(59-39)33-17-15-31-46-42(66-58-29(5)11-8-12-30(58)6)24-38-44-34(52-50(56(38)64)54(62)36-22-26(2)14-20-40(36)60-52)18-16-32(48(44)46)45-41(23-37(55(49)63)43(33)47(31)45)65-57-27(3)9-7-10-28(57)4/h7-24H,1-6H3,(H,59,61)(H,60,62). The maximum Gasteiger partial charge on any atom is 0.199 e. The SMILES string of the molecule is Cc1ccc2nc3c(c(O)c2c1)C(=O)c1cc(Oc2c(C)cccc2C)c2c4ccc5c6c(cc(Oc7c(C)cccc7C)c(c7ccc-3c1c72)c64)C(=O)c1c-5nc2ccc(C)cc2c1O. The second kappa shape index (κ2) is 13.1. The number of pyridine rings is 2. The number of hydrogen-bond acceptors (Lipinski definition) is 8. The molecule has 66 heavy (non-hydrogen) atoms. The van der Waals surface area contributed by atoms with Gasteiger partial charge in [0.15, 0.2) is 11.6 Å². The summed E-state index contributed by atoms with van der Waals surface area (Å²) in [6.45, 7) is 11.9. The molecule has 8 nitrogen and oxygen atoms in total. The fourth-order valence-electron chi connectivity index (χ4n) is 10.9. The van der Waals surface area contributed by atoms with Crippen LogP contribution in [0, 0.1) is 41.5 Å². The van der Waals surface area contributed by atoms with E-state index in [0.717, 1.165) is 65.7 Å². The molecule has 0 radical (unpaired) electrons. The molecule has 2 N–H and O–H groups in total. The topological polar surface area (TPSA) is 119 Å². The van der Waals surface area contributed by atoms with Crippen molar-refractivity contribution < 1.29 is 29.3 Å². The van der Waals surface area contributed by atoms with E-state index < -0.39 is 0 Å². The monoisotopic (exact) mass is 858 g/mol. The van der Waals surface area contributed by atoms with E-state index in [1.54, 1.807) is 0 Å². The van der Waals surface area contributed by atoms with Gasteiger partial charge in [-0.3, -0.25) is 9.59 Å². The molecule has 2 heterocycles. The molecule has 8 heteroatoms. The van der Waals surface area contributed by atoms with Gasteiger partial charge >= 0.3 is 0 Å². The molecule has 13 rings (SSSR count). The number of rotatable bonds is 4. The Balaban J connectivity index is 1.24. The second-order valence-corrected chi connectivity index (χ2v) is 18.1. The van der Waals surface area contributed by atoms with Gasteiger partial charge in [0.1, 0.15) is 34.5 Å². The summed E-state index contributed by atoms with van der Waals surface area (Å²) in [7, 11) is 0. The number of ether oxygens (including phenoxy) is 2. The Labute approximate surface area is 377 Å². The minimum absolute atomic E-state index is 0.110. The van der Waals surface area contributed by atoms with E-state index in [4.69, 9.17) is 19.4 Å². The van der Waals surface area contributed by atoms with Crippen molar-refractivity contribution in [2.75, 3.05) is 0 Å². The molecule has 0 fully saturated rings. The zero-order chi connectivity index (χ0) is 45.2. The van der Waals surface area contributed by atoms with Gasteiger partial charge in [-0.1, -0.05) is 83.9 Å². The van der Waals surface area contributed by atoms with Crippen molar-refractivity contribution in [2.24, 2.45) is 0 Å². The summed E-state index contributed by atoms with van der Waals surface area (Å²) in [5.41, 5.74) is 9.94. The average Bonchev–Trinajstić information content (AvgIpc) is 3.30. The summed E-state index contributed by atoms with van der Waals surface area (Å²) in [6.07, 6.45) is 0. The average molecular weight is 859 g/mol. The quantitative estimate of drug-likeness (QED) is 0.133. The van der Waals surface area contributed by atoms with Crippen LogP contribution in [0.25, 0.3) is 87.4 Å². The van der Waals surface area contributed by atoms with Crippen molar-refractivity contribution >= 4 is 76.5 Å². The lowest BCUT2D eigenvalue weighted by molar-refractivity contribution is 0.102. The number of ketones is 2. The Morgan fingerprint density at radius 1 is 0.409 bits per heavy atom. The van der Waals surface area contributed by atoms with Crippen LogP contribution in [0.2, 0.25) is 0 Å². The third kappa shape index (κ3) is 4.93. The molecule has 0 amide bonds. The van der Waals surface area contributed by atoms with Crippen LogP contribution in [0.1, 0.15) is 65.2 Å². The molecular weight excluding hydrogens is 821 g/mol. The number of aryl methyl sites for hydroxylation is 6. The maximum absolute atomic E-state index is 15.2. The number of aromatic nitrogens is 2. The lowest BCUT2D eigenvalue weighted by Crippen LogP contribution is -2.14. The molecule has 0 spiro atoms. The molecule has 2 aliphatic carbocycles. The van der Waals surface area contributed by atoms with Gasteiger partial charge in [0.25, 0.3) is 0 Å². The van der Waals surface area contributed by atoms with E-state index in [-0.39, 0.29) is 34.2 Å². The summed E-state index contributed by atoms with van der Waals surface area (Å²) < 4.78 is 14.2. The number of hydrogen-bond donors (Lipinski definition) is 2. The highest BCUT2D eigenvalue weighted by Crippen LogP contribution is 2.57. The van der Waals surface area contributed by atoms with Gasteiger partial charge in [0, 0.05) is 65.3 Å². The Hall–Kier alpha value is -8.36. The van der Waals surface area contributed by atoms with E-state index in [9.17, 15) is 10.2 Å². The molecule has 0 unspecified atom stereocenters. The van der Waals surface area contributed by atoms with Crippen LogP contribution in [0.4, 0.5) is 0 Å². The van der Waals surface area contributed by atoms with Gasteiger partial charge in [-0.2, -0.15) is 0 Å². The molecule has 0 atom stereocenters. The van der Waals surface area contributed by atoms with Crippen molar-refractivity contribution in [3.05, 3.63) is 165 Å². The Kier molecular flexibility index (Phi) is 7.58. The predicted molar refractivity (Wildman–Crippen MR) is 261 cm³/mol. The molecule has 0 saturated heterocycles. The first kappa shape index (κ1) is 38.1. The van der Waals surface area contributed by atoms with Crippen LogP contribution in [-0.2, 0) is 0 Å². The van der Waals surface area contributed by atoms with E-state index in [2.05, 4.69) is 0 Å². The van der Waals surface area contributed by atoms with Gasteiger partial charge < -0.3 is 19.7 Å². The third-order valence-corrected chi connectivity index (χ3v) is 14.0. The summed E-state index contributed by atoms with van der Waals surface area (Å²) in [4.78, 5) is 40.6. The summed E-state index contributed by atoms with van der Waals surface area (Å²) in [5.74, 6) is 1.26. The first-order valence-electron chi connectivity index (χ1n) is 22.0. The number of carbonyl (C=O) groups excluding carboxylic acids is 2. The van der Waals surface area contributed by atoms with Crippen molar-refractivity contribution in [1.82, 2.24) is 9.97 Å². The smallest absolute Gasteiger partial charge is 0.199 e. The van der Waals surface area contributed by atoms with Crippen LogP contribution in [-0.4, -0.2) is 31.7 Å². The van der Waals surface area contributed by atoms with Gasteiger partial charge in [-0.05, 0) is 111 Å². The molecule has 9 aromatic carbocycles. The molecule has 0 bridgehead atoms. The molecule has 0 aliphatic heterocycles. The number of aromatic hydroxyl groups is 2. The summed E-state index contributed by atoms with van der Waals surface area (Å²) in [5, 5.41) is 30.9. The van der Waals surface area contributed by atoms with E-state index in [0.29, 0.717) is 89.2 Å². The van der Waals surface area contributed by atoms with Gasteiger partial charge in [0.2, 0.25) is 0 Å². The molecule has 11 aromatic rings. The van der Waals surface area contributed by atoms with Gasteiger partial charge in [-0.15, -0.1) is 0 Å². The zero-order valence-electron chi connectivity index (χ0n) is 36.8. The van der Waals surface area contributed by atoms with Crippen molar-refractivity contribution in [3.63, 3.8) is 0 Å². The molecular formula is C58H38N2O6. The molecule has 2 aromatic heterocycles. The maximum atomic E-state index is 15.2. The van der Waals surface area contributed by atoms with Crippen LogP contribution in [0.3, 0.4) is 0 Å². The minimum Gasteiger partial charge on any atom is -0.506 e. The van der Waals surface area contributed by atoms with E-state index in [1.165, 1.54) is 0 Å². The number of benzene rings is 9. The number of nitrogens with zero attached hydrogens (tertiary/aromatic N) is 2. The van der Waals surface area contributed by atoms with Crippen molar-refractivity contribution in [2.45, 2.75) is 41.5 Å². The van der Waals surface area contributed by atoms with Crippen LogP contribution in [0.5, 0.6) is 34.5 Å². The first-order valence-corrected chi connectivity index (χ1v) is 22.0. The number of para-hydroxylation sites is 2. The Morgan fingerprint density at radius 3 is 1.20 bits per heavy atom. The van der Waals surface area contributed by atoms with Crippen LogP contribution >= 0.6 is 0 Å². The predicted octanol–water partition coefficient (Wildman–Crippen LogP) is 14.1. The summed E-state index contributed by atoms with van der Waals surface area (Å²) >= 11 is 0. The van der Waals surface area contributed by atoms with Crippen molar-refractivity contribution in [3.8, 4) is 57.0 Å². The summed E-state index contributed by atoms with van der Waals surface area (Å²) in [6, 6.07) is 34.9. The second-order valence-electron chi connectivity index (χ2n) is 18.1. The molecule has 0 saturated carbocycles. The Morgan fingerprint density at radius 2 is 0.803 bits per heavy atom. The van der Waals surface area contributed by atoms with Crippen LogP contribution < -0.4 is 9.47 Å². The minimum atomic E-state index is -0.362. The normalized spacial score (nSPS) is 12.9. The fraction of sp³-hybridized carbons (Fsp3) is 0.103. The zero-order valence-corrected chi connectivity index (χ0v) is 36.8. The largest absolute Gasteiger partial charge is 0.506 e.